The topological polar surface area (TPSA) is 34.1 Å². The second kappa shape index (κ2) is 6.52. The van der Waals surface area contributed by atoms with Gasteiger partial charge in [0.05, 0.1) is 24.4 Å². The number of rotatable bonds is 6. The van der Waals surface area contributed by atoms with E-state index in [4.69, 9.17) is 4.74 Å². The fourth-order valence-corrected chi connectivity index (χ4v) is 2.55. The van der Waals surface area contributed by atoms with Crippen molar-refractivity contribution in [1.82, 2.24) is 10.3 Å². The standard InChI is InChI=1S/C14H18N2OS/c1-15-13(14-9-18-10-16-14)8-5-11-3-6-12(17-2)7-4-11/h3-4,6-7,9-10,13,15H,5,8H2,1-2H3. The summed E-state index contributed by atoms with van der Waals surface area (Å²) < 4.78 is 5.15. The molecule has 2 aromatic rings. The van der Waals surface area contributed by atoms with Gasteiger partial charge in [-0.1, -0.05) is 12.1 Å². The molecule has 1 atom stereocenters. The molecule has 0 saturated heterocycles. The number of hydrogen-bond acceptors (Lipinski definition) is 4. The summed E-state index contributed by atoms with van der Waals surface area (Å²) >= 11 is 1.64. The Morgan fingerprint density at radius 2 is 2.11 bits per heavy atom. The summed E-state index contributed by atoms with van der Waals surface area (Å²) in [5.41, 5.74) is 4.34. The SMILES string of the molecule is CNC(CCc1ccc(OC)cc1)c1cscn1. The highest BCUT2D eigenvalue weighted by Gasteiger charge is 2.10. The van der Waals surface area contributed by atoms with E-state index in [1.54, 1.807) is 18.4 Å². The number of aromatic nitrogens is 1. The maximum Gasteiger partial charge on any atom is 0.118 e. The third kappa shape index (κ3) is 3.31. The first kappa shape index (κ1) is 13.1. The lowest BCUT2D eigenvalue weighted by Gasteiger charge is -2.13. The van der Waals surface area contributed by atoms with E-state index < -0.39 is 0 Å². The minimum Gasteiger partial charge on any atom is -0.497 e. The van der Waals surface area contributed by atoms with Crippen LogP contribution in [0.2, 0.25) is 0 Å². The summed E-state index contributed by atoms with van der Waals surface area (Å²) in [5, 5.41) is 5.42. The van der Waals surface area contributed by atoms with Crippen LogP contribution < -0.4 is 10.1 Å². The van der Waals surface area contributed by atoms with Crippen LogP contribution in [0.1, 0.15) is 23.7 Å². The van der Waals surface area contributed by atoms with Crippen LogP contribution in [-0.4, -0.2) is 19.1 Å². The van der Waals surface area contributed by atoms with Crippen molar-refractivity contribution in [2.45, 2.75) is 18.9 Å². The zero-order valence-corrected chi connectivity index (χ0v) is 11.5. The van der Waals surface area contributed by atoms with E-state index in [0.717, 1.165) is 24.3 Å². The van der Waals surface area contributed by atoms with Crippen LogP contribution >= 0.6 is 11.3 Å². The first-order chi connectivity index (χ1) is 8.83. The van der Waals surface area contributed by atoms with E-state index in [-0.39, 0.29) is 0 Å². The van der Waals surface area contributed by atoms with Gasteiger partial charge in [-0.3, -0.25) is 0 Å². The summed E-state index contributed by atoms with van der Waals surface area (Å²) in [4.78, 5) is 4.36. The van der Waals surface area contributed by atoms with Crippen LogP contribution in [0.25, 0.3) is 0 Å². The minimum atomic E-state index is 0.332. The summed E-state index contributed by atoms with van der Waals surface area (Å²) in [6, 6.07) is 8.58. The van der Waals surface area contributed by atoms with Crippen LogP contribution in [0.4, 0.5) is 0 Å². The number of methoxy groups -OCH3 is 1. The molecule has 1 N–H and O–H groups in total. The van der Waals surface area contributed by atoms with Crippen molar-refractivity contribution in [3.05, 3.63) is 46.4 Å². The van der Waals surface area contributed by atoms with E-state index in [1.165, 1.54) is 5.56 Å². The van der Waals surface area contributed by atoms with Crippen molar-refractivity contribution in [3.63, 3.8) is 0 Å². The molecule has 2 rings (SSSR count). The Balaban J connectivity index is 1.93. The van der Waals surface area contributed by atoms with Gasteiger partial charge in [0.15, 0.2) is 0 Å². The number of nitrogens with zero attached hydrogens (tertiary/aromatic N) is 1. The molecule has 0 bridgehead atoms. The molecule has 0 amide bonds. The maximum atomic E-state index is 5.15. The van der Waals surface area contributed by atoms with Gasteiger partial charge >= 0.3 is 0 Å². The summed E-state index contributed by atoms with van der Waals surface area (Å²) in [6.07, 6.45) is 2.08. The largest absolute Gasteiger partial charge is 0.497 e. The lowest BCUT2D eigenvalue weighted by atomic mass is 10.0. The van der Waals surface area contributed by atoms with Gasteiger partial charge < -0.3 is 10.1 Å². The van der Waals surface area contributed by atoms with Crippen molar-refractivity contribution in [2.75, 3.05) is 14.2 Å². The highest BCUT2D eigenvalue weighted by atomic mass is 32.1. The molecule has 0 spiro atoms. The quantitative estimate of drug-likeness (QED) is 0.869. The van der Waals surface area contributed by atoms with Gasteiger partial charge in [0.2, 0.25) is 0 Å². The molecule has 1 unspecified atom stereocenters. The molecule has 0 radical (unpaired) electrons. The number of nitrogens with one attached hydrogen (secondary N) is 1. The first-order valence-electron chi connectivity index (χ1n) is 6.01. The molecular formula is C14H18N2OS. The fourth-order valence-electron chi connectivity index (χ4n) is 1.94. The van der Waals surface area contributed by atoms with E-state index in [9.17, 15) is 0 Å². The predicted octanol–water partition coefficient (Wildman–Crippen LogP) is 3.05. The van der Waals surface area contributed by atoms with Crippen LogP contribution in [0.3, 0.4) is 0 Å². The monoisotopic (exact) mass is 262 g/mol. The second-order valence-corrected chi connectivity index (χ2v) is 4.86. The van der Waals surface area contributed by atoms with E-state index in [2.05, 4.69) is 27.8 Å². The Kier molecular flexibility index (Phi) is 4.73. The predicted molar refractivity (Wildman–Crippen MR) is 75.2 cm³/mol. The van der Waals surface area contributed by atoms with Gasteiger partial charge in [0, 0.05) is 5.38 Å². The highest BCUT2D eigenvalue weighted by Crippen LogP contribution is 2.20. The first-order valence-corrected chi connectivity index (χ1v) is 6.96. The molecule has 0 fully saturated rings. The van der Waals surface area contributed by atoms with E-state index >= 15 is 0 Å². The van der Waals surface area contributed by atoms with Crippen molar-refractivity contribution in [3.8, 4) is 5.75 Å². The van der Waals surface area contributed by atoms with E-state index in [1.807, 2.05) is 24.7 Å². The molecule has 0 aliphatic carbocycles. The number of thiazole rings is 1. The van der Waals surface area contributed by atoms with Crippen molar-refractivity contribution in [1.29, 1.82) is 0 Å². The molecule has 18 heavy (non-hydrogen) atoms. The summed E-state index contributed by atoms with van der Waals surface area (Å²) in [6.45, 7) is 0. The molecular weight excluding hydrogens is 244 g/mol. The average molecular weight is 262 g/mol. The number of hydrogen-bond donors (Lipinski definition) is 1. The number of benzene rings is 1. The lowest BCUT2D eigenvalue weighted by molar-refractivity contribution is 0.414. The molecule has 4 heteroatoms. The van der Waals surface area contributed by atoms with Crippen LogP contribution in [0.5, 0.6) is 5.75 Å². The number of aryl methyl sites for hydroxylation is 1. The van der Waals surface area contributed by atoms with E-state index in [0.29, 0.717) is 6.04 Å². The average Bonchev–Trinajstić information content (AvgIpc) is 2.94. The van der Waals surface area contributed by atoms with Crippen molar-refractivity contribution in [2.24, 2.45) is 0 Å². The van der Waals surface area contributed by atoms with Gasteiger partial charge in [-0.2, -0.15) is 0 Å². The fraction of sp³-hybridized carbons (Fsp3) is 0.357. The Labute approximate surface area is 112 Å². The van der Waals surface area contributed by atoms with Gasteiger partial charge in [-0.25, -0.2) is 4.98 Å². The molecule has 96 valence electrons. The Hall–Kier alpha value is -1.39. The molecule has 1 heterocycles. The van der Waals surface area contributed by atoms with Crippen LogP contribution in [-0.2, 0) is 6.42 Å². The van der Waals surface area contributed by atoms with Crippen molar-refractivity contribution < 1.29 is 4.74 Å². The maximum absolute atomic E-state index is 5.15. The molecule has 0 aliphatic heterocycles. The third-order valence-electron chi connectivity index (χ3n) is 3.04. The normalized spacial score (nSPS) is 12.3. The number of ether oxygens (including phenoxy) is 1. The Morgan fingerprint density at radius 3 is 2.67 bits per heavy atom. The van der Waals surface area contributed by atoms with Crippen LogP contribution in [0.15, 0.2) is 35.2 Å². The highest BCUT2D eigenvalue weighted by molar-refractivity contribution is 7.07. The zero-order chi connectivity index (χ0) is 12.8. The molecule has 0 aliphatic rings. The minimum absolute atomic E-state index is 0.332. The Morgan fingerprint density at radius 1 is 1.33 bits per heavy atom. The van der Waals surface area contributed by atoms with Gasteiger partial charge in [-0.15, -0.1) is 11.3 Å². The van der Waals surface area contributed by atoms with Gasteiger partial charge in [0.1, 0.15) is 5.75 Å². The molecule has 3 nitrogen and oxygen atoms in total. The smallest absolute Gasteiger partial charge is 0.118 e. The molecule has 1 aromatic heterocycles. The summed E-state index contributed by atoms with van der Waals surface area (Å²) in [7, 11) is 3.67. The second-order valence-electron chi connectivity index (χ2n) is 4.14. The lowest BCUT2D eigenvalue weighted by Crippen LogP contribution is -2.17. The van der Waals surface area contributed by atoms with Gasteiger partial charge in [-0.05, 0) is 37.6 Å². The zero-order valence-electron chi connectivity index (χ0n) is 10.7. The molecule has 0 saturated carbocycles. The third-order valence-corrected chi connectivity index (χ3v) is 3.64. The van der Waals surface area contributed by atoms with Crippen molar-refractivity contribution >= 4 is 11.3 Å². The summed E-state index contributed by atoms with van der Waals surface area (Å²) in [5.74, 6) is 0.906. The van der Waals surface area contributed by atoms with Crippen LogP contribution in [0, 0.1) is 0 Å². The van der Waals surface area contributed by atoms with Gasteiger partial charge in [0.25, 0.3) is 0 Å². The Bertz CT molecular complexity index is 453. The molecule has 1 aromatic carbocycles.